The van der Waals surface area contributed by atoms with Crippen molar-refractivity contribution in [2.45, 2.75) is 51.6 Å². The number of aromatic carboxylic acids is 1. The number of ether oxygens (including phenoxy) is 1. The van der Waals surface area contributed by atoms with E-state index in [0.29, 0.717) is 11.4 Å². The number of aryl methyl sites for hydroxylation is 1. The number of carboxylic acids is 1. The summed E-state index contributed by atoms with van der Waals surface area (Å²) in [5.41, 5.74) is 0.675. The van der Waals surface area contributed by atoms with E-state index in [1.165, 1.54) is 11.3 Å². The van der Waals surface area contributed by atoms with E-state index in [0.717, 1.165) is 29.7 Å². The summed E-state index contributed by atoms with van der Waals surface area (Å²) in [5, 5.41) is 12.6. The van der Waals surface area contributed by atoms with E-state index >= 15 is 0 Å². The Morgan fingerprint density at radius 2 is 2.10 bits per heavy atom. The molecule has 116 valence electrons. The summed E-state index contributed by atoms with van der Waals surface area (Å²) < 4.78 is 5.44. The van der Waals surface area contributed by atoms with Gasteiger partial charge >= 0.3 is 5.97 Å². The van der Waals surface area contributed by atoms with Crippen molar-refractivity contribution < 1.29 is 19.4 Å². The lowest BCUT2D eigenvalue weighted by Crippen LogP contribution is -2.42. The first-order chi connectivity index (χ1) is 9.92. The molecule has 1 fully saturated rings. The number of hydrogen-bond donors (Lipinski definition) is 2. The molecular formula is C15H21NO4S. The summed E-state index contributed by atoms with van der Waals surface area (Å²) in [7, 11) is 1.62. The van der Waals surface area contributed by atoms with E-state index < -0.39 is 5.97 Å². The number of nitrogens with one attached hydrogen (secondary N) is 1. The fourth-order valence-corrected chi connectivity index (χ4v) is 3.96. The molecule has 2 rings (SSSR count). The smallest absolute Gasteiger partial charge is 0.339 e. The predicted octanol–water partition coefficient (Wildman–Crippen LogP) is 3.21. The third kappa shape index (κ3) is 3.11. The normalized spacial score (nSPS) is 16.3. The van der Waals surface area contributed by atoms with E-state index in [-0.39, 0.29) is 23.5 Å². The molecule has 2 N–H and O–H groups in total. The first-order valence-electron chi connectivity index (χ1n) is 7.13. The molecule has 1 heterocycles. The fraction of sp³-hybridized carbons (Fsp3) is 0.600. The molecule has 6 heteroatoms. The van der Waals surface area contributed by atoms with Gasteiger partial charge in [-0.1, -0.05) is 6.92 Å². The molecule has 0 aliphatic heterocycles. The average Bonchev–Trinajstić information content (AvgIpc) is 2.69. The zero-order valence-corrected chi connectivity index (χ0v) is 13.4. The van der Waals surface area contributed by atoms with Gasteiger partial charge in [-0.15, -0.1) is 11.3 Å². The van der Waals surface area contributed by atoms with E-state index in [2.05, 4.69) is 5.32 Å². The molecule has 1 aromatic heterocycles. The highest BCUT2D eigenvalue weighted by Gasteiger charge is 2.39. The van der Waals surface area contributed by atoms with E-state index in [4.69, 9.17) is 4.74 Å². The Kier molecular flexibility index (Phi) is 4.68. The highest BCUT2D eigenvalue weighted by Crippen LogP contribution is 2.39. The third-order valence-electron chi connectivity index (χ3n) is 4.21. The van der Waals surface area contributed by atoms with Crippen molar-refractivity contribution in [3.05, 3.63) is 16.0 Å². The molecule has 0 bridgehead atoms. The Bertz CT molecular complexity index is 555. The first-order valence-corrected chi connectivity index (χ1v) is 7.94. The van der Waals surface area contributed by atoms with Crippen molar-refractivity contribution in [3.63, 3.8) is 0 Å². The van der Waals surface area contributed by atoms with Crippen LogP contribution in [0.5, 0.6) is 0 Å². The average molecular weight is 311 g/mol. The number of carbonyl (C=O) groups is 2. The Morgan fingerprint density at radius 3 is 2.52 bits per heavy atom. The molecular weight excluding hydrogens is 290 g/mol. The summed E-state index contributed by atoms with van der Waals surface area (Å²) in [5.74, 6) is -1.17. The first kappa shape index (κ1) is 16.0. The molecule has 1 aliphatic rings. The second kappa shape index (κ2) is 6.15. The molecule has 0 atom stereocenters. The van der Waals surface area contributed by atoms with Gasteiger partial charge in [0.1, 0.15) is 5.00 Å². The topological polar surface area (TPSA) is 75.6 Å². The zero-order chi connectivity index (χ0) is 15.6. The van der Waals surface area contributed by atoms with Crippen LogP contribution in [0.25, 0.3) is 0 Å². The Morgan fingerprint density at radius 1 is 1.43 bits per heavy atom. The van der Waals surface area contributed by atoms with Gasteiger partial charge in [-0.2, -0.15) is 0 Å². The standard InChI is InChI=1S/C15H21NO4S/c1-4-10-9(2)21-13(12(10)14(18)19)16-11(17)8-15(20-3)6-5-7-15/h4-8H2,1-3H3,(H,16,17)(H,18,19). The van der Waals surface area contributed by atoms with E-state index in [1.807, 2.05) is 13.8 Å². The van der Waals surface area contributed by atoms with Gasteiger partial charge in [0.15, 0.2) is 0 Å². The maximum Gasteiger partial charge on any atom is 0.339 e. The van der Waals surface area contributed by atoms with Gasteiger partial charge in [-0.05, 0) is 38.2 Å². The van der Waals surface area contributed by atoms with Gasteiger partial charge in [0.05, 0.1) is 17.6 Å². The predicted molar refractivity (Wildman–Crippen MR) is 82.2 cm³/mol. The highest BCUT2D eigenvalue weighted by atomic mass is 32.1. The number of rotatable bonds is 6. The molecule has 5 nitrogen and oxygen atoms in total. The van der Waals surface area contributed by atoms with Crippen molar-refractivity contribution in [2.75, 3.05) is 12.4 Å². The van der Waals surface area contributed by atoms with Crippen LogP contribution in [0.1, 0.15) is 53.4 Å². The summed E-state index contributed by atoms with van der Waals surface area (Å²) in [6.45, 7) is 3.80. The van der Waals surface area contributed by atoms with E-state index in [1.54, 1.807) is 7.11 Å². The molecule has 1 aromatic rings. The summed E-state index contributed by atoms with van der Waals surface area (Å²) in [6.07, 6.45) is 3.75. The van der Waals surface area contributed by atoms with Crippen LogP contribution in [0.2, 0.25) is 0 Å². The lowest BCUT2D eigenvalue weighted by Gasteiger charge is -2.39. The van der Waals surface area contributed by atoms with Crippen LogP contribution in [0.15, 0.2) is 0 Å². The van der Waals surface area contributed by atoms with Crippen molar-refractivity contribution in [3.8, 4) is 0 Å². The Labute approximate surface area is 128 Å². The number of amides is 1. The summed E-state index contributed by atoms with van der Waals surface area (Å²) >= 11 is 1.33. The minimum absolute atomic E-state index is 0.178. The fourth-order valence-electron chi connectivity index (χ4n) is 2.81. The number of methoxy groups -OCH3 is 1. The van der Waals surface area contributed by atoms with Crippen LogP contribution >= 0.6 is 11.3 Å². The SMILES string of the molecule is CCc1c(C)sc(NC(=O)CC2(OC)CCC2)c1C(=O)O. The maximum atomic E-state index is 12.2. The molecule has 21 heavy (non-hydrogen) atoms. The number of carboxylic acid groups (broad SMARTS) is 1. The molecule has 0 spiro atoms. The molecule has 0 aromatic carbocycles. The van der Waals surface area contributed by atoms with Crippen molar-refractivity contribution in [1.82, 2.24) is 0 Å². The maximum absolute atomic E-state index is 12.2. The van der Waals surface area contributed by atoms with Crippen LogP contribution in [0.4, 0.5) is 5.00 Å². The number of thiophene rings is 1. The van der Waals surface area contributed by atoms with Gasteiger partial charge in [-0.25, -0.2) is 4.79 Å². The van der Waals surface area contributed by atoms with Gasteiger partial charge in [-0.3, -0.25) is 4.79 Å². The lowest BCUT2D eigenvalue weighted by atomic mass is 9.77. The van der Waals surface area contributed by atoms with Crippen LogP contribution in [0, 0.1) is 6.92 Å². The van der Waals surface area contributed by atoms with Crippen LogP contribution in [0.3, 0.4) is 0 Å². The van der Waals surface area contributed by atoms with Gasteiger partial charge in [0, 0.05) is 12.0 Å². The minimum Gasteiger partial charge on any atom is -0.478 e. The molecule has 0 saturated heterocycles. The quantitative estimate of drug-likeness (QED) is 0.846. The molecule has 0 unspecified atom stereocenters. The summed E-state index contributed by atoms with van der Waals surface area (Å²) in [4.78, 5) is 24.6. The third-order valence-corrected chi connectivity index (χ3v) is 5.27. The van der Waals surface area contributed by atoms with Crippen LogP contribution in [-0.4, -0.2) is 29.7 Å². The van der Waals surface area contributed by atoms with Gasteiger partial charge < -0.3 is 15.2 Å². The van der Waals surface area contributed by atoms with E-state index in [9.17, 15) is 14.7 Å². The number of anilines is 1. The van der Waals surface area contributed by atoms with Gasteiger partial charge in [0.25, 0.3) is 0 Å². The lowest BCUT2D eigenvalue weighted by molar-refractivity contribution is -0.129. The Hall–Kier alpha value is -1.40. The monoisotopic (exact) mass is 311 g/mol. The highest BCUT2D eigenvalue weighted by molar-refractivity contribution is 7.16. The largest absolute Gasteiger partial charge is 0.478 e. The second-order valence-corrected chi connectivity index (χ2v) is 6.69. The zero-order valence-electron chi connectivity index (χ0n) is 12.6. The summed E-state index contributed by atoms with van der Waals surface area (Å²) in [6, 6.07) is 0. The van der Waals surface area contributed by atoms with Crippen molar-refractivity contribution in [2.24, 2.45) is 0 Å². The van der Waals surface area contributed by atoms with Gasteiger partial charge in [0.2, 0.25) is 5.91 Å². The second-order valence-electron chi connectivity index (χ2n) is 5.47. The van der Waals surface area contributed by atoms with Crippen molar-refractivity contribution >= 4 is 28.2 Å². The van der Waals surface area contributed by atoms with Crippen LogP contribution in [-0.2, 0) is 16.0 Å². The minimum atomic E-state index is -0.989. The molecule has 0 radical (unpaired) electrons. The van der Waals surface area contributed by atoms with Crippen LogP contribution < -0.4 is 5.32 Å². The molecule has 1 amide bonds. The molecule has 1 aliphatic carbocycles. The Balaban J connectivity index is 2.16. The molecule has 1 saturated carbocycles. The van der Waals surface area contributed by atoms with Crippen molar-refractivity contribution in [1.29, 1.82) is 0 Å². The number of hydrogen-bond acceptors (Lipinski definition) is 4. The number of carbonyl (C=O) groups excluding carboxylic acids is 1.